The average molecular weight is 282 g/mol. The maximum absolute atomic E-state index is 12.4. The largest absolute Gasteiger partial charge is 0.479 e. The molecule has 1 aliphatic carbocycles. The fourth-order valence-electron chi connectivity index (χ4n) is 3.61. The lowest BCUT2D eigenvalue weighted by Crippen LogP contribution is -2.57. The van der Waals surface area contributed by atoms with Crippen molar-refractivity contribution < 1.29 is 14.7 Å². The van der Waals surface area contributed by atoms with E-state index in [9.17, 15) is 14.7 Å². The van der Waals surface area contributed by atoms with Gasteiger partial charge >= 0.3 is 12.0 Å². The van der Waals surface area contributed by atoms with Crippen LogP contribution in [0.2, 0.25) is 0 Å². The Bertz CT molecular complexity index is 387. The molecule has 1 saturated carbocycles. The van der Waals surface area contributed by atoms with Crippen molar-refractivity contribution in [3.8, 4) is 0 Å². The van der Waals surface area contributed by atoms with Crippen molar-refractivity contribution in [3.05, 3.63) is 0 Å². The summed E-state index contributed by atoms with van der Waals surface area (Å²) in [6.45, 7) is 5.23. The first-order chi connectivity index (χ1) is 9.49. The summed E-state index contributed by atoms with van der Waals surface area (Å²) in [6.07, 6.45) is 6.45. The van der Waals surface area contributed by atoms with Crippen LogP contribution in [0.15, 0.2) is 0 Å². The summed E-state index contributed by atoms with van der Waals surface area (Å²) >= 11 is 0. The number of amides is 2. The topological polar surface area (TPSA) is 69.6 Å². The van der Waals surface area contributed by atoms with E-state index in [0.29, 0.717) is 25.9 Å². The number of nitrogens with zero attached hydrogens (tertiary/aromatic N) is 1. The van der Waals surface area contributed by atoms with Gasteiger partial charge in [0.25, 0.3) is 0 Å². The number of aliphatic carboxylic acids is 1. The van der Waals surface area contributed by atoms with E-state index in [1.54, 1.807) is 0 Å². The van der Waals surface area contributed by atoms with E-state index in [-0.39, 0.29) is 11.4 Å². The maximum Gasteiger partial charge on any atom is 0.329 e. The molecule has 114 valence electrons. The molecular weight excluding hydrogens is 256 g/mol. The van der Waals surface area contributed by atoms with E-state index in [1.807, 2.05) is 6.92 Å². The zero-order valence-corrected chi connectivity index (χ0v) is 12.6. The number of likely N-dealkylation sites (tertiary alicyclic amines) is 1. The summed E-state index contributed by atoms with van der Waals surface area (Å²) in [6, 6.07) is -0.202. The van der Waals surface area contributed by atoms with Gasteiger partial charge in [0.05, 0.1) is 0 Å². The minimum absolute atomic E-state index is 0.202. The van der Waals surface area contributed by atoms with Gasteiger partial charge in [-0.05, 0) is 43.9 Å². The second-order valence-electron chi connectivity index (χ2n) is 6.31. The lowest BCUT2D eigenvalue weighted by molar-refractivity contribution is -0.148. The molecule has 20 heavy (non-hydrogen) atoms. The summed E-state index contributed by atoms with van der Waals surface area (Å²) in [5.41, 5.74) is -0.740. The third-order valence-corrected chi connectivity index (χ3v) is 5.50. The Morgan fingerprint density at radius 3 is 2.30 bits per heavy atom. The van der Waals surface area contributed by atoms with Gasteiger partial charge in [0, 0.05) is 13.1 Å². The SMILES string of the molecule is CCC1(CNC(=O)N2CCCC2(CC)C(=O)O)CCC1. The van der Waals surface area contributed by atoms with Crippen molar-refractivity contribution in [2.24, 2.45) is 5.41 Å². The lowest BCUT2D eigenvalue weighted by atomic mass is 9.67. The molecular formula is C15H26N2O3. The van der Waals surface area contributed by atoms with Crippen molar-refractivity contribution in [2.45, 2.75) is 64.3 Å². The number of carbonyl (C=O) groups excluding carboxylic acids is 1. The molecule has 5 heteroatoms. The van der Waals surface area contributed by atoms with Crippen LogP contribution < -0.4 is 5.32 Å². The van der Waals surface area contributed by atoms with Crippen LogP contribution >= 0.6 is 0 Å². The molecule has 0 radical (unpaired) electrons. The Kier molecular flexibility index (Phi) is 4.25. The molecule has 1 aliphatic heterocycles. The van der Waals surface area contributed by atoms with Gasteiger partial charge in [0.2, 0.25) is 0 Å². The molecule has 5 nitrogen and oxygen atoms in total. The number of carbonyl (C=O) groups is 2. The third kappa shape index (κ3) is 2.38. The van der Waals surface area contributed by atoms with Gasteiger partial charge in [0.15, 0.2) is 0 Å². The predicted molar refractivity (Wildman–Crippen MR) is 76.6 cm³/mol. The summed E-state index contributed by atoms with van der Waals surface area (Å²) in [4.78, 5) is 25.5. The van der Waals surface area contributed by atoms with Crippen molar-refractivity contribution in [1.82, 2.24) is 10.2 Å². The van der Waals surface area contributed by atoms with Gasteiger partial charge in [-0.2, -0.15) is 0 Å². The summed E-state index contributed by atoms with van der Waals surface area (Å²) in [7, 11) is 0. The Hall–Kier alpha value is -1.26. The number of hydrogen-bond donors (Lipinski definition) is 2. The summed E-state index contributed by atoms with van der Waals surface area (Å²) < 4.78 is 0. The maximum atomic E-state index is 12.4. The van der Waals surface area contributed by atoms with E-state index < -0.39 is 11.5 Å². The molecule has 2 fully saturated rings. The molecule has 0 spiro atoms. The molecule has 0 aromatic carbocycles. The Morgan fingerprint density at radius 1 is 1.15 bits per heavy atom. The number of urea groups is 1. The van der Waals surface area contributed by atoms with Crippen molar-refractivity contribution >= 4 is 12.0 Å². The highest BCUT2D eigenvalue weighted by molar-refractivity contribution is 5.87. The van der Waals surface area contributed by atoms with Crippen LogP contribution in [0.4, 0.5) is 4.79 Å². The quantitative estimate of drug-likeness (QED) is 0.814. The average Bonchev–Trinajstić information content (AvgIpc) is 2.82. The predicted octanol–water partition coefficient (Wildman–Crippen LogP) is 2.61. The molecule has 0 aromatic rings. The van der Waals surface area contributed by atoms with E-state index >= 15 is 0 Å². The van der Waals surface area contributed by atoms with E-state index in [4.69, 9.17) is 0 Å². The van der Waals surface area contributed by atoms with Gasteiger partial charge in [-0.15, -0.1) is 0 Å². The number of nitrogens with one attached hydrogen (secondary N) is 1. The summed E-state index contributed by atoms with van der Waals surface area (Å²) in [5, 5.41) is 12.5. The normalized spacial score (nSPS) is 28.0. The zero-order chi connectivity index (χ0) is 14.8. The van der Waals surface area contributed by atoms with E-state index in [1.165, 1.54) is 24.2 Å². The van der Waals surface area contributed by atoms with Crippen molar-refractivity contribution in [1.29, 1.82) is 0 Å². The molecule has 2 aliphatic rings. The Balaban J connectivity index is 1.99. The molecule has 2 N–H and O–H groups in total. The van der Waals surface area contributed by atoms with Crippen molar-refractivity contribution in [3.63, 3.8) is 0 Å². The highest BCUT2D eigenvalue weighted by atomic mass is 16.4. The first-order valence-electron chi connectivity index (χ1n) is 7.78. The molecule has 2 amide bonds. The van der Waals surface area contributed by atoms with Crippen LogP contribution in [0, 0.1) is 5.41 Å². The lowest BCUT2D eigenvalue weighted by Gasteiger charge is -2.42. The van der Waals surface area contributed by atoms with E-state index in [2.05, 4.69) is 12.2 Å². The van der Waals surface area contributed by atoms with Crippen LogP contribution in [0.25, 0.3) is 0 Å². The molecule has 1 unspecified atom stereocenters. The second kappa shape index (κ2) is 5.62. The first-order valence-corrected chi connectivity index (χ1v) is 7.78. The van der Waals surface area contributed by atoms with E-state index in [0.717, 1.165) is 12.8 Å². The number of hydrogen-bond acceptors (Lipinski definition) is 2. The van der Waals surface area contributed by atoms with Gasteiger partial charge in [-0.1, -0.05) is 20.3 Å². The second-order valence-corrected chi connectivity index (χ2v) is 6.31. The Morgan fingerprint density at radius 2 is 1.85 bits per heavy atom. The molecule has 0 bridgehead atoms. The number of rotatable bonds is 5. The minimum Gasteiger partial charge on any atom is -0.479 e. The molecule has 2 rings (SSSR count). The molecule has 1 saturated heterocycles. The standard InChI is InChI=1S/C15H26N2O3/c1-3-14(7-5-8-14)11-16-13(20)17-10-6-9-15(17,4-2)12(18)19/h3-11H2,1-2H3,(H,16,20)(H,18,19). The number of carboxylic acid groups (broad SMARTS) is 1. The smallest absolute Gasteiger partial charge is 0.329 e. The minimum atomic E-state index is -0.997. The summed E-state index contributed by atoms with van der Waals surface area (Å²) in [5.74, 6) is -0.874. The first kappa shape index (κ1) is 15.1. The van der Waals surface area contributed by atoms with Gasteiger partial charge in [0.1, 0.15) is 5.54 Å². The molecule has 1 heterocycles. The highest BCUT2D eigenvalue weighted by Crippen LogP contribution is 2.43. The van der Waals surface area contributed by atoms with Crippen LogP contribution in [0.3, 0.4) is 0 Å². The van der Waals surface area contributed by atoms with Gasteiger partial charge in [-0.3, -0.25) is 0 Å². The van der Waals surface area contributed by atoms with Crippen LogP contribution in [-0.4, -0.2) is 40.6 Å². The number of carboxylic acids is 1. The molecule has 0 aromatic heterocycles. The van der Waals surface area contributed by atoms with Gasteiger partial charge < -0.3 is 15.3 Å². The van der Waals surface area contributed by atoms with Crippen LogP contribution in [0.5, 0.6) is 0 Å². The van der Waals surface area contributed by atoms with Crippen LogP contribution in [0.1, 0.15) is 58.8 Å². The highest BCUT2D eigenvalue weighted by Gasteiger charge is 2.49. The van der Waals surface area contributed by atoms with Gasteiger partial charge in [-0.25, -0.2) is 9.59 Å². The fraction of sp³-hybridized carbons (Fsp3) is 0.867. The zero-order valence-electron chi connectivity index (χ0n) is 12.6. The van der Waals surface area contributed by atoms with Crippen LogP contribution in [-0.2, 0) is 4.79 Å². The van der Waals surface area contributed by atoms with Crippen molar-refractivity contribution in [2.75, 3.05) is 13.1 Å². The molecule has 1 atom stereocenters. The third-order valence-electron chi connectivity index (χ3n) is 5.50. The Labute approximate surface area is 120 Å². The fourth-order valence-corrected chi connectivity index (χ4v) is 3.61. The monoisotopic (exact) mass is 282 g/mol.